The van der Waals surface area contributed by atoms with Gasteiger partial charge in [-0.2, -0.15) is 0 Å². The van der Waals surface area contributed by atoms with Gasteiger partial charge >= 0.3 is 0 Å². The van der Waals surface area contributed by atoms with Crippen LogP contribution in [0, 0.1) is 0 Å². The van der Waals surface area contributed by atoms with E-state index >= 15 is 0 Å². The van der Waals surface area contributed by atoms with Crippen molar-refractivity contribution >= 4 is 27.4 Å². The third-order valence-electron chi connectivity index (χ3n) is 4.99. The van der Waals surface area contributed by atoms with E-state index in [1.165, 1.54) is 35.1 Å². The summed E-state index contributed by atoms with van der Waals surface area (Å²) in [5.41, 5.74) is 1.50. The van der Waals surface area contributed by atoms with Crippen molar-refractivity contribution in [1.29, 1.82) is 0 Å². The van der Waals surface area contributed by atoms with Crippen molar-refractivity contribution in [3.63, 3.8) is 0 Å². The number of aliphatic hydroxyl groups excluding tert-OH is 1. The molecule has 124 valence electrons. The van der Waals surface area contributed by atoms with E-state index in [4.69, 9.17) is 0 Å². The summed E-state index contributed by atoms with van der Waals surface area (Å²) in [6.07, 6.45) is 5.10. The Balaban J connectivity index is 1.65. The van der Waals surface area contributed by atoms with Crippen molar-refractivity contribution in [3.05, 3.63) is 16.8 Å². The van der Waals surface area contributed by atoms with E-state index < -0.39 is 0 Å². The van der Waals surface area contributed by atoms with Gasteiger partial charge in [0.05, 0.1) is 11.5 Å². The number of rotatable bonds is 3. The molecule has 2 unspecified atom stereocenters. The second kappa shape index (κ2) is 6.00. The Morgan fingerprint density at radius 1 is 1.35 bits per heavy atom. The van der Waals surface area contributed by atoms with Crippen molar-refractivity contribution in [1.82, 2.24) is 14.9 Å². The second-order valence-corrected chi connectivity index (χ2v) is 7.97. The van der Waals surface area contributed by atoms with E-state index in [-0.39, 0.29) is 6.10 Å². The summed E-state index contributed by atoms with van der Waals surface area (Å²) >= 11 is 1.85. The molecule has 23 heavy (non-hydrogen) atoms. The molecule has 6 heteroatoms. The summed E-state index contributed by atoms with van der Waals surface area (Å²) in [6.45, 7) is 7.79. The minimum Gasteiger partial charge on any atom is -0.392 e. The van der Waals surface area contributed by atoms with E-state index in [0.717, 1.165) is 36.8 Å². The molecule has 3 heterocycles. The molecule has 4 rings (SSSR count). The maximum absolute atomic E-state index is 9.62. The largest absolute Gasteiger partial charge is 0.392 e. The maximum atomic E-state index is 9.62. The van der Waals surface area contributed by atoms with Crippen molar-refractivity contribution in [2.45, 2.75) is 45.3 Å². The lowest BCUT2D eigenvalue weighted by Crippen LogP contribution is -2.53. The summed E-state index contributed by atoms with van der Waals surface area (Å²) in [7, 11) is 0. The normalized spacial score (nSPS) is 23.4. The Labute approximate surface area is 141 Å². The van der Waals surface area contributed by atoms with Crippen molar-refractivity contribution in [3.8, 4) is 0 Å². The molecule has 5 nitrogen and oxygen atoms in total. The van der Waals surface area contributed by atoms with E-state index in [0.29, 0.717) is 6.04 Å². The number of aryl methyl sites for hydroxylation is 2. The molecule has 2 aromatic heterocycles. The summed E-state index contributed by atoms with van der Waals surface area (Å²) in [5.74, 6) is 1.12. The van der Waals surface area contributed by atoms with E-state index in [2.05, 4.69) is 26.7 Å². The molecule has 1 saturated heterocycles. The fourth-order valence-corrected chi connectivity index (χ4v) is 5.24. The highest BCUT2D eigenvalue weighted by Gasteiger charge is 2.29. The summed E-state index contributed by atoms with van der Waals surface area (Å²) < 4.78 is 0. The molecule has 0 radical (unpaired) electrons. The molecule has 2 aliphatic rings. The zero-order valence-corrected chi connectivity index (χ0v) is 14.6. The molecule has 1 aliphatic carbocycles. The minimum absolute atomic E-state index is 0.264. The van der Waals surface area contributed by atoms with Crippen molar-refractivity contribution < 1.29 is 5.11 Å². The molecule has 2 aromatic rings. The first-order valence-corrected chi connectivity index (χ1v) is 9.37. The van der Waals surface area contributed by atoms with Crippen LogP contribution >= 0.6 is 11.3 Å². The molecule has 0 saturated carbocycles. The van der Waals surface area contributed by atoms with Crippen LogP contribution in [0.5, 0.6) is 0 Å². The van der Waals surface area contributed by atoms with Gasteiger partial charge in [0.2, 0.25) is 0 Å². The van der Waals surface area contributed by atoms with E-state index in [1.807, 2.05) is 18.3 Å². The molecule has 0 amide bonds. The summed E-state index contributed by atoms with van der Waals surface area (Å²) in [4.78, 5) is 16.6. The number of β-amino-alcohol motifs (C(OH)–C–C–N with tert-alkyl or cyclic N) is 1. The zero-order chi connectivity index (χ0) is 16.0. The van der Waals surface area contributed by atoms with E-state index in [9.17, 15) is 5.11 Å². The molecular formula is C17H24N4OS. The molecule has 1 N–H and O–H groups in total. The van der Waals surface area contributed by atoms with Gasteiger partial charge in [-0.15, -0.1) is 11.3 Å². The van der Waals surface area contributed by atoms with Gasteiger partial charge in [-0.25, -0.2) is 9.97 Å². The highest BCUT2D eigenvalue weighted by Crippen LogP contribution is 2.40. The fourth-order valence-electron chi connectivity index (χ4n) is 4.02. The van der Waals surface area contributed by atoms with Gasteiger partial charge in [0.1, 0.15) is 17.0 Å². The van der Waals surface area contributed by atoms with Crippen LogP contribution in [0.4, 0.5) is 5.82 Å². The minimum atomic E-state index is -0.264. The number of aliphatic hydroxyl groups is 1. The maximum Gasteiger partial charge on any atom is 0.141 e. The van der Waals surface area contributed by atoms with Crippen LogP contribution < -0.4 is 4.90 Å². The smallest absolute Gasteiger partial charge is 0.141 e. The van der Waals surface area contributed by atoms with Gasteiger partial charge in [-0.1, -0.05) is 0 Å². The number of thiophene rings is 1. The first-order valence-electron chi connectivity index (χ1n) is 8.56. The van der Waals surface area contributed by atoms with Gasteiger partial charge < -0.3 is 10.0 Å². The Bertz CT molecular complexity index is 714. The molecule has 0 aromatic carbocycles. The summed E-state index contributed by atoms with van der Waals surface area (Å²) in [5, 5.41) is 10.9. The molecule has 2 atom stereocenters. The lowest BCUT2D eigenvalue weighted by Gasteiger charge is -2.41. The first-order chi connectivity index (χ1) is 11.1. The Hall–Kier alpha value is -1.24. The van der Waals surface area contributed by atoms with Gasteiger partial charge in [0.25, 0.3) is 0 Å². The van der Waals surface area contributed by atoms with Crippen LogP contribution in [0.1, 0.15) is 30.7 Å². The second-order valence-electron chi connectivity index (χ2n) is 6.89. The predicted molar refractivity (Wildman–Crippen MR) is 94.4 cm³/mol. The average Bonchev–Trinajstić information content (AvgIpc) is 3.06. The lowest BCUT2D eigenvalue weighted by atomic mass is 10.1. The highest BCUT2D eigenvalue weighted by atomic mass is 32.1. The number of fused-ring (bicyclic) bond motifs is 3. The first kappa shape index (κ1) is 15.3. The Kier molecular flexibility index (Phi) is 3.99. The number of hydrogen-bond donors (Lipinski definition) is 1. The SMILES string of the molecule is CC(O)CN1CCN(c2ncnc3sc4c(c23)CCC4)C(C)C1. The molecule has 1 aliphatic heterocycles. The van der Waals surface area contributed by atoms with Gasteiger partial charge in [0.15, 0.2) is 0 Å². The zero-order valence-electron chi connectivity index (χ0n) is 13.8. The van der Waals surface area contributed by atoms with Gasteiger partial charge in [0, 0.05) is 37.1 Å². The molecule has 0 spiro atoms. The number of nitrogens with zero attached hydrogens (tertiary/aromatic N) is 4. The third kappa shape index (κ3) is 2.73. The topological polar surface area (TPSA) is 52.5 Å². The Morgan fingerprint density at radius 2 is 2.22 bits per heavy atom. The lowest BCUT2D eigenvalue weighted by molar-refractivity contribution is 0.114. The quantitative estimate of drug-likeness (QED) is 0.932. The van der Waals surface area contributed by atoms with Crippen LogP contribution in [0.3, 0.4) is 0 Å². The van der Waals surface area contributed by atoms with Crippen LogP contribution in [-0.4, -0.2) is 58.3 Å². The van der Waals surface area contributed by atoms with E-state index in [1.54, 1.807) is 6.33 Å². The fraction of sp³-hybridized carbons (Fsp3) is 0.647. The highest BCUT2D eigenvalue weighted by molar-refractivity contribution is 7.19. The van der Waals surface area contributed by atoms with Crippen LogP contribution in [0.2, 0.25) is 0 Å². The van der Waals surface area contributed by atoms with Crippen LogP contribution in [0.25, 0.3) is 10.2 Å². The van der Waals surface area contributed by atoms with Crippen LogP contribution in [-0.2, 0) is 12.8 Å². The summed E-state index contributed by atoms with van der Waals surface area (Å²) in [6, 6.07) is 0.401. The third-order valence-corrected chi connectivity index (χ3v) is 6.19. The average molecular weight is 332 g/mol. The number of anilines is 1. The number of hydrogen-bond acceptors (Lipinski definition) is 6. The standard InChI is InChI=1S/C17H24N4OS/c1-11-8-20(9-12(2)22)6-7-21(11)16-15-13-4-3-5-14(13)23-17(15)19-10-18-16/h10-12,22H,3-9H2,1-2H3. The molecular weight excluding hydrogens is 308 g/mol. The molecule has 0 bridgehead atoms. The number of aromatic nitrogens is 2. The van der Waals surface area contributed by atoms with Crippen molar-refractivity contribution in [2.24, 2.45) is 0 Å². The number of piperazine rings is 1. The monoisotopic (exact) mass is 332 g/mol. The van der Waals surface area contributed by atoms with Crippen LogP contribution in [0.15, 0.2) is 6.33 Å². The van der Waals surface area contributed by atoms with Crippen molar-refractivity contribution in [2.75, 3.05) is 31.1 Å². The predicted octanol–water partition coefficient (Wildman–Crippen LogP) is 2.07. The Morgan fingerprint density at radius 3 is 3.00 bits per heavy atom. The van der Waals surface area contributed by atoms with Gasteiger partial charge in [-0.05, 0) is 38.7 Å². The molecule has 1 fully saturated rings. The van der Waals surface area contributed by atoms with Gasteiger partial charge in [-0.3, -0.25) is 4.90 Å².